The minimum atomic E-state index is -0.401. The Morgan fingerprint density at radius 1 is 1.31 bits per heavy atom. The molecule has 2 aromatic rings. The van der Waals surface area contributed by atoms with E-state index in [1.807, 2.05) is 25.1 Å². The van der Waals surface area contributed by atoms with Crippen LogP contribution in [0.1, 0.15) is 60.5 Å². The number of hydrogen-bond donors (Lipinski definition) is 1. The van der Waals surface area contributed by atoms with Crippen molar-refractivity contribution in [3.05, 3.63) is 50.3 Å². The number of esters is 1. The van der Waals surface area contributed by atoms with Crippen molar-refractivity contribution in [1.82, 2.24) is 0 Å². The molecule has 1 aliphatic rings. The summed E-state index contributed by atoms with van der Waals surface area (Å²) < 4.78 is 11.6. The molecule has 0 fully saturated rings. The molecule has 1 heterocycles. The van der Waals surface area contributed by atoms with Gasteiger partial charge in [-0.05, 0) is 67.4 Å². The summed E-state index contributed by atoms with van der Waals surface area (Å²) in [7, 11) is 1.38. The third kappa shape index (κ3) is 5.62. The average Bonchev–Trinajstić information content (AvgIpc) is 3.09. The zero-order valence-corrected chi connectivity index (χ0v) is 21.6. The van der Waals surface area contributed by atoms with E-state index < -0.39 is 5.97 Å². The van der Waals surface area contributed by atoms with Crippen LogP contribution in [0.3, 0.4) is 0 Å². The standard InChI is InChI=1S/C25H30BrNO4S/c1-6-31-19-11-9-17(26)13-15(19)7-12-21(28)27-23-22(24(29)30-5)18-10-8-16(25(2,3)4)14-20(18)32-23/h7,9,11-13,16H,6,8,10,14H2,1-5H3,(H,27,28)/b12-7+. The van der Waals surface area contributed by atoms with Gasteiger partial charge in [0.15, 0.2) is 0 Å². The van der Waals surface area contributed by atoms with E-state index in [1.165, 1.54) is 29.4 Å². The lowest BCUT2D eigenvalue weighted by molar-refractivity contribution is -0.111. The van der Waals surface area contributed by atoms with Crippen LogP contribution in [0, 0.1) is 11.3 Å². The van der Waals surface area contributed by atoms with Crippen LogP contribution in [-0.2, 0) is 22.4 Å². The van der Waals surface area contributed by atoms with Gasteiger partial charge in [-0.1, -0.05) is 36.7 Å². The molecule has 0 aliphatic heterocycles. The molecule has 1 aromatic carbocycles. The number of amides is 1. The molecule has 0 spiro atoms. The molecule has 1 unspecified atom stereocenters. The minimum Gasteiger partial charge on any atom is -0.493 e. The zero-order valence-electron chi connectivity index (χ0n) is 19.2. The highest BCUT2D eigenvalue weighted by molar-refractivity contribution is 9.10. The number of benzene rings is 1. The predicted octanol–water partition coefficient (Wildman–Crippen LogP) is 6.50. The second kappa shape index (κ2) is 10.2. The number of thiophene rings is 1. The van der Waals surface area contributed by atoms with Crippen LogP contribution >= 0.6 is 27.3 Å². The lowest BCUT2D eigenvalue weighted by Crippen LogP contribution is -2.26. The molecule has 1 amide bonds. The normalized spacial score (nSPS) is 16.0. The van der Waals surface area contributed by atoms with Crippen molar-refractivity contribution in [3.8, 4) is 5.75 Å². The third-order valence-electron chi connectivity index (χ3n) is 5.80. The van der Waals surface area contributed by atoms with Gasteiger partial charge in [-0.2, -0.15) is 0 Å². The molecule has 3 rings (SSSR count). The average molecular weight is 520 g/mol. The third-order valence-corrected chi connectivity index (χ3v) is 7.47. The van der Waals surface area contributed by atoms with Crippen molar-refractivity contribution in [3.63, 3.8) is 0 Å². The van der Waals surface area contributed by atoms with E-state index in [0.717, 1.165) is 34.9 Å². The highest BCUT2D eigenvalue weighted by Gasteiger charge is 2.34. The SMILES string of the molecule is CCOc1ccc(Br)cc1/C=C/C(=O)Nc1sc2c(c1C(=O)OC)CCC(C(C)(C)C)C2. The lowest BCUT2D eigenvalue weighted by atomic mass is 9.72. The van der Waals surface area contributed by atoms with Gasteiger partial charge in [-0.3, -0.25) is 4.79 Å². The molecule has 1 N–H and O–H groups in total. The molecule has 1 aromatic heterocycles. The summed E-state index contributed by atoms with van der Waals surface area (Å²) in [4.78, 5) is 26.5. The first kappa shape index (κ1) is 24.5. The Kier molecular flexibility index (Phi) is 7.83. The molecular weight excluding hydrogens is 490 g/mol. The van der Waals surface area contributed by atoms with Crippen LogP contribution in [0.4, 0.5) is 5.00 Å². The molecule has 0 saturated carbocycles. The van der Waals surface area contributed by atoms with Gasteiger partial charge >= 0.3 is 5.97 Å². The van der Waals surface area contributed by atoms with Crippen LogP contribution < -0.4 is 10.1 Å². The highest BCUT2D eigenvalue weighted by atomic mass is 79.9. The Bertz CT molecular complexity index is 1040. The first-order valence-corrected chi connectivity index (χ1v) is 12.4. The van der Waals surface area contributed by atoms with Gasteiger partial charge < -0.3 is 14.8 Å². The number of carbonyl (C=O) groups is 2. The van der Waals surface area contributed by atoms with E-state index >= 15 is 0 Å². The number of hydrogen-bond acceptors (Lipinski definition) is 5. The first-order chi connectivity index (χ1) is 15.1. The van der Waals surface area contributed by atoms with E-state index in [-0.39, 0.29) is 11.3 Å². The molecule has 7 heteroatoms. The second-order valence-electron chi connectivity index (χ2n) is 8.94. The summed E-state index contributed by atoms with van der Waals surface area (Å²) in [5.41, 5.74) is 2.51. The zero-order chi connectivity index (χ0) is 23.5. The number of nitrogens with one attached hydrogen (secondary N) is 1. The minimum absolute atomic E-state index is 0.196. The van der Waals surface area contributed by atoms with Crippen molar-refractivity contribution < 1.29 is 19.1 Å². The van der Waals surface area contributed by atoms with Gasteiger partial charge in [0.25, 0.3) is 0 Å². The molecule has 5 nitrogen and oxygen atoms in total. The summed E-state index contributed by atoms with van der Waals surface area (Å²) in [6.07, 6.45) is 5.93. The molecular formula is C25H30BrNO4S. The number of halogens is 1. The lowest BCUT2D eigenvalue weighted by Gasteiger charge is -2.33. The summed E-state index contributed by atoms with van der Waals surface area (Å²) in [6.45, 7) is 9.21. The van der Waals surface area contributed by atoms with Gasteiger partial charge in [0.2, 0.25) is 5.91 Å². The number of anilines is 1. The van der Waals surface area contributed by atoms with E-state index in [1.54, 1.807) is 6.08 Å². The van der Waals surface area contributed by atoms with Gasteiger partial charge in [0, 0.05) is 21.0 Å². The quantitative estimate of drug-likeness (QED) is 0.349. The van der Waals surface area contributed by atoms with E-state index in [0.29, 0.717) is 28.8 Å². The maximum atomic E-state index is 12.7. The number of rotatable bonds is 6. The first-order valence-electron chi connectivity index (χ1n) is 10.8. The van der Waals surface area contributed by atoms with Crippen LogP contribution in [-0.4, -0.2) is 25.6 Å². The summed E-state index contributed by atoms with van der Waals surface area (Å²) in [6, 6.07) is 5.65. The Hall–Kier alpha value is -2.12. The Morgan fingerprint density at radius 2 is 2.06 bits per heavy atom. The van der Waals surface area contributed by atoms with Crippen molar-refractivity contribution in [2.24, 2.45) is 11.3 Å². The van der Waals surface area contributed by atoms with Crippen LogP contribution in [0.2, 0.25) is 0 Å². The maximum Gasteiger partial charge on any atom is 0.341 e. The molecule has 0 radical (unpaired) electrons. The van der Waals surface area contributed by atoms with Gasteiger partial charge in [-0.15, -0.1) is 11.3 Å². The molecule has 1 aliphatic carbocycles. The smallest absolute Gasteiger partial charge is 0.341 e. The number of methoxy groups -OCH3 is 1. The van der Waals surface area contributed by atoms with E-state index in [4.69, 9.17) is 9.47 Å². The highest BCUT2D eigenvalue weighted by Crippen LogP contribution is 2.44. The van der Waals surface area contributed by atoms with E-state index in [2.05, 4.69) is 42.0 Å². The number of fused-ring (bicyclic) bond motifs is 1. The summed E-state index contributed by atoms with van der Waals surface area (Å²) >= 11 is 4.94. The fraction of sp³-hybridized carbons (Fsp3) is 0.440. The molecule has 32 heavy (non-hydrogen) atoms. The fourth-order valence-corrected chi connectivity index (χ4v) is 5.68. The Balaban J connectivity index is 1.85. The topological polar surface area (TPSA) is 64.6 Å². The molecule has 1 atom stereocenters. The van der Waals surface area contributed by atoms with Gasteiger partial charge in [0.1, 0.15) is 10.8 Å². The largest absolute Gasteiger partial charge is 0.493 e. The van der Waals surface area contributed by atoms with E-state index in [9.17, 15) is 9.59 Å². The van der Waals surface area contributed by atoms with Crippen molar-refractivity contribution in [1.29, 1.82) is 0 Å². The van der Waals surface area contributed by atoms with Crippen LogP contribution in [0.5, 0.6) is 5.75 Å². The Labute approximate surface area is 202 Å². The Morgan fingerprint density at radius 3 is 2.72 bits per heavy atom. The number of ether oxygens (including phenoxy) is 2. The predicted molar refractivity (Wildman–Crippen MR) is 134 cm³/mol. The fourth-order valence-electron chi connectivity index (χ4n) is 3.99. The number of carbonyl (C=O) groups excluding carboxylic acids is 2. The molecule has 0 saturated heterocycles. The maximum absolute atomic E-state index is 12.7. The molecule has 0 bridgehead atoms. The molecule has 172 valence electrons. The van der Waals surface area contributed by atoms with Crippen LogP contribution in [0.15, 0.2) is 28.7 Å². The van der Waals surface area contributed by atoms with Gasteiger partial charge in [-0.25, -0.2) is 4.79 Å². The van der Waals surface area contributed by atoms with Crippen LogP contribution in [0.25, 0.3) is 6.08 Å². The second-order valence-corrected chi connectivity index (χ2v) is 11.0. The summed E-state index contributed by atoms with van der Waals surface area (Å²) in [5.74, 6) is 0.538. The monoisotopic (exact) mass is 519 g/mol. The van der Waals surface area contributed by atoms with Crippen molar-refractivity contribution in [2.45, 2.75) is 47.0 Å². The van der Waals surface area contributed by atoms with Gasteiger partial charge in [0.05, 0.1) is 19.3 Å². The summed E-state index contributed by atoms with van der Waals surface area (Å²) in [5, 5.41) is 3.47. The van der Waals surface area contributed by atoms with Crippen molar-refractivity contribution >= 4 is 50.2 Å². The van der Waals surface area contributed by atoms with Crippen molar-refractivity contribution in [2.75, 3.05) is 19.0 Å².